The maximum atomic E-state index is 13.0. The standard InChI is InChI=1S/C24H23F3N2O3S/c1-15-8-10-21(11-17(15)3)29-33(31,32)22-13-19(9-7-16(22)2)23(30)28-14-18-5-4-6-20(12-18)24(25,26)27/h4-13,29H,14H2,1-3H3,(H,28,30). The fourth-order valence-electron chi connectivity index (χ4n) is 3.19. The molecule has 0 aromatic heterocycles. The van der Waals surface area contributed by atoms with Crippen LogP contribution in [0.5, 0.6) is 0 Å². The number of carbonyl (C=O) groups excluding carboxylic acids is 1. The van der Waals surface area contributed by atoms with Crippen molar-refractivity contribution in [2.75, 3.05) is 4.72 Å². The van der Waals surface area contributed by atoms with Crippen LogP contribution in [0, 0.1) is 20.8 Å². The summed E-state index contributed by atoms with van der Waals surface area (Å²) in [5.74, 6) is -0.602. The lowest BCUT2D eigenvalue weighted by atomic mass is 10.1. The molecular weight excluding hydrogens is 453 g/mol. The molecular formula is C24H23F3N2O3S. The third-order valence-electron chi connectivity index (χ3n) is 5.21. The number of benzene rings is 3. The predicted octanol–water partition coefficient (Wildman–Crippen LogP) is 5.36. The van der Waals surface area contributed by atoms with Gasteiger partial charge in [-0.15, -0.1) is 0 Å². The molecule has 0 saturated carbocycles. The van der Waals surface area contributed by atoms with Crippen LogP contribution in [0.25, 0.3) is 0 Å². The summed E-state index contributed by atoms with van der Waals surface area (Å²) in [5, 5.41) is 2.53. The number of amides is 1. The minimum Gasteiger partial charge on any atom is -0.348 e. The number of hydrogen-bond acceptors (Lipinski definition) is 3. The van der Waals surface area contributed by atoms with Crippen LogP contribution in [0.3, 0.4) is 0 Å². The highest BCUT2D eigenvalue weighted by atomic mass is 32.2. The molecule has 0 aliphatic rings. The highest BCUT2D eigenvalue weighted by molar-refractivity contribution is 7.92. The minimum atomic E-state index is -4.48. The Bertz CT molecular complexity index is 1300. The van der Waals surface area contributed by atoms with Crippen molar-refractivity contribution in [3.63, 3.8) is 0 Å². The quantitative estimate of drug-likeness (QED) is 0.503. The van der Waals surface area contributed by atoms with E-state index < -0.39 is 27.7 Å². The van der Waals surface area contributed by atoms with Gasteiger partial charge in [0.2, 0.25) is 0 Å². The molecule has 2 N–H and O–H groups in total. The van der Waals surface area contributed by atoms with Gasteiger partial charge >= 0.3 is 6.18 Å². The van der Waals surface area contributed by atoms with Gasteiger partial charge in [-0.1, -0.05) is 24.3 Å². The van der Waals surface area contributed by atoms with E-state index in [1.165, 1.54) is 30.3 Å². The number of hydrogen-bond donors (Lipinski definition) is 2. The number of sulfonamides is 1. The summed E-state index contributed by atoms with van der Waals surface area (Å²) in [4.78, 5) is 12.5. The summed E-state index contributed by atoms with van der Waals surface area (Å²) in [6.45, 7) is 5.26. The molecule has 0 aliphatic heterocycles. The number of halogens is 3. The van der Waals surface area contributed by atoms with Gasteiger partial charge < -0.3 is 5.32 Å². The molecule has 9 heteroatoms. The van der Waals surface area contributed by atoms with Crippen molar-refractivity contribution in [1.29, 1.82) is 0 Å². The number of rotatable bonds is 6. The van der Waals surface area contributed by atoms with Gasteiger partial charge in [-0.25, -0.2) is 8.42 Å². The van der Waals surface area contributed by atoms with Gasteiger partial charge in [-0.3, -0.25) is 9.52 Å². The summed E-state index contributed by atoms with van der Waals surface area (Å²) in [5.41, 5.74) is 2.33. The molecule has 1 amide bonds. The van der Waals surface area contributed by atoms with Crippen LogP contribution in [0.15, 0.2) is 65.6 Å². The Labute approximate surface area is 190 Å². The van der Waals surface area contributed by atoms with Crippen LogP contribution in [0.2, 0.25) is 0 Å². The molecule has 0 aliphatic carbocycles. The number of anilines is 1. The number of alkyl halides is 3. The molecule has 33 heavy (non-hydrogen) atoms. The molecule has 0 atom stereocenters. The zero-order valence-corrected chi connectivity index (χ0v) is 19.1. The Balaban J connectivity index is 1.79. The minimum absolute atomic E-state index is 0.0625. The molecule has 5 nitrogen and oxygen atoms in total. The van der Waals surface area contributed by atoms with Crippen molar-refractivity contribution in [3.05, 3.63) is 94.0 Å². The van der Waals surface area contributed by atoms with E-state index in [1.54, 1.807) is 25.1 Å². The normalized spacial score (nSPS) is 11.8. The Kier molecular flexibility index (Phi) is 6.83. The van der Waals surface area contributed by atoms with Gasteiger partial charge in [-0.05, 0) is 79.4 Å². The van der Waals surface area contributed by atoms with E-state index >= 15 is 0 Å². The van der Waals surface area contributed by atoms with Gasteiger partial charge in [0.25, 0.3) is 15.9 Å². The average molecular weight is 477 g/mol. The smallest absolute Gasteiger partial charge is 0.348 e. The summed E-state index contributed by atoms with van der Waals surface area (Å²) in [6.07, 6.45) is -4.48. The Morgan fingerprint density at radius 3 is 2.24 bits per heavy atom. The molecule has 0 bridgehead atoms. The van der Waals surface area contributed by atoms with Crippen molar-refractivity contribution in [2.45, 2.75) is 38.4 Å². The second kappa shape index (κ2) is 9.27. The first-order valence-electron chi connectivity index (χ1n) is 10.0. The molecule has 3 aromatic rings. The number of nitrogens with one attached hydrogen (secondary N) is 2. The Morgan fingerprint density at radius 1 is 0.879 bits per heavy atom. The van der Waals surface area contributed by atoms with E-state index in [0.717, 1.165) is 23.3 Å². The zero-order valence-electron chi connectivity index (χ0n) is 18.2. The lowest BCUT2D eigenvalue weighted by Gasteiger charge is -2.13. The van der Waals surface area contributed by atoms with Crippen molar-refractivity contribution < 1.29 is 26.4 Å². The van der Waals surface area contributed by atoms with Crippen LogP contribution < -0.4 is 10.0 Å². The first-order valence-corrected chi connectivity index (χ1v) is 11.5. The highest BCUT2D eigenvalue weighted by Crippen LogP contribution is 2.29. The van der Waals surface area contributed by atoms with Crippen LogP contribution in [0.1, 0.15) is 38.2 Å². The number of aryl methyl sites for hydroxylation is 3. The molecule has 0 heterocycles. The first-order chi connectivity index (χ1) is 15.4. The lowest BCUT2D eigenvalue weighted by molar-refractivity contribution is -0.137. The van der Waals surface area contributed by atoms with Crippen molar-refractivity contribution in [3.8, 4) is 0 Å². The summed E-state index contributed by atoms with van der Waals surface area (Å²) in [6, 6.07) is 14.0. The third kappa shape index (κ3) is 5.92. The molecule has 0 radical (unpaired) electrons. The monoisotopic (exact) mass is 476 g/mol. The Morgan fingerprint density at radius 2 is 1.58 bits per heavy atom. The van der Waals surface area contributed by atoms with Gasteiger partial charge in [0.15, 0.2) is 0 Å². The fourth-order valence-corrected chi connectivity index (χ4v) is 4.51. The first kappa shape index (κ1) is 24.3. The predicted molar refractivity (Wildman–Crippen MR) is 121 cm³/mol. The van der Waals surface area contributed by atoms with Gasteiger partial charge in [0.05, 0.1) is 10.5 Å². The SMILES string of the molecule is Cc1ccc(NS(=O)(=O)c2cc(C(=O)NCc3cccc(C(F)(F)F)c3)ccc2C)cc1C. The fraction of sp³-hybridized carbons (Fsp3) is 0.208. The number of carbonyl (C=O) groups is 1. The van der Waals surface area contributed by atoms with E-state index in [-0.39, 0.29) is 22.6 Å². The molecule has 174 valence electrons. The Hall–Kier alpha value is -3.33. The maximum Gasteiger partial charge on any atom is 0.416 e. The molecule has 3 aromatic carbocycles. The van der Waals surface area contributed by atoms with Crippen molar-refractivity contribution in [1.82, 2.24) is 5.32 Å². The van der Waals surface area contributed by atoms with Crippen molar-refractivity contribution in [2.24, 2.45) is 0 Å². The van der Waals surface area contributed by atoms with Crippen molar-refractivity contribution >= 4 is 21.6 Å². The van der Waals surface area contributed by atoms with E-state index in [2.05, 4.69) is 10.0 Å². The van der Waals surface area contributed by atoms with E-state index in [1.807, 2.05) is 13.8 Å². The molecule has 0 saturated heterocycles. The maximum absolute atomic E-state index is 13.0. The van der Waals surface area contributed by atoms with Crippen LogP contribution >= 0.6 is 0 Å². The van der Waals surface area contributed by atoms with Crippen LogP contribution in [-0.2, 0) is 22.7 Å². The second-order valence-electron chi connectivity index (χ2n) is 7.77. The highest BCUT2D eigenvalue weighted by Gasteiger charge is 2.30. The van der Waals surface area contributed by atoms with E-state index in [4.69, 9.17) is 0 Å². The third-order valence-corrected chi connectivity index (χ3v) is 6.73. The largest absolute Gasteiger partial charge is 0.416 e. The molecule has 0 fully saturated rings. The molecule has 0 spiro atoms. The summed E-state index contributed by atoms with van der Waals surface area (Å²) >= 11 is 0. The zero-order chi connectivity index (χ0) is 24.4. The van der Waals surface area contributed by atoms with Gasteiger partial charge in [-0.2, -0.15) is 13.2 Å². The molecule has 0 unspecified atom stereocenters. The summed E-state index contributed by atoms with van der Waals surface area (Å²) in [7, 11) is -3.97. The lowest BCUT2D eigenvalue weighted by Crippen LogP contribution is -2.24. The van der Waals surface area contributed by atoms with E-state index in [0.29, 0.717) is 11.3 Å². The van der Waals surface area contributed by atoms with Crippen LogP contribution in [0.4, 0.5) is 18.9 Å². The summed E-state index contributed by atoms with van der Waals surface area (Å²) < 4.78 is 67.1. The van der Waals surface area contributed by atoms with Gasteiger partial charge in [0.1, 0.15) is 0 Å². The van der Waals surface area contributed by atoms with Crippen LogP contribution in [-0.4, -0.2) is 14.3 Å². The second-order valence-corrected chi connectivity index (χ2v) is 9.42. The van der Waals surface area contributed by atoms with E-state index in [9.17, 15) is 26.4 Å². The topological polar surface area (TPSA) is 75.3 Å². The van der Waals surface area contributed by atoms with Gasteiger partial charge in [0, 0.05) is 17.8 Å². The molecule has 3 rings (SSSR count). The average Bonchev–Trinajstić information content (AvgIpc) is 2.74.